The highest BCUT2D eigenvalue weighted by Gasteiger charge is 2.26. The second-order valence-electron chi connectivity index (χ2n) is 12.2. The molecule has 2 N–H and O–H groups in total. The first-order valence-corrected chi connectivity index (χ1v) is 16.3. The minimum absolute atomic E-state index is 0.550. The van der Waals surface area contributed by atoms with Gasteiger partial charge in [-0.1, -0.05) is 151 Å². The molecule has 0 aromatic heterocycles. The van der Waals surface area contributed by atoms with Crippen LogP contribution in [0.1, 0.15) is 39.3 Å². The number of anilines is 1. The van der Waals surface area contributed by atoms with E-state index in [4.69, 9.17) is 5.73 Å². The molecule has 0 heterocycles. The molecule has 1 unspecified atom stereocenters. The van der Waals surface area contributed by atoms with E-state index >= 15 is 0 Å². The van der Waals surface area contributed by atoms with Gasteiger partial charge < -0.3 is 5.73 Å². The second-order valence-corrected chi connectivity index (χ2v) is 12.7. The van der Waals surface area contributed by atoms with Crippen molar-refractivity contribution in [2.45, 2.75) is 31.1 Å². The van der Waals surface area contributed by atoms with Gasteiger partial charge in [0.1, 0.15) is 0 Å². The lowest BCUT2D eigenvalue weighted by Crippen LogP contribution is -1.90. The van der Waals surface area contributed by atoms with Crippen molar-refractivity contribution < 1.29 is 0 Å². The van der Waals surface area contributed by atoms with Gasteiger partial charge in [-0.3, -0.25) is 0 Å². The first-order chi connectivity index (χ1) is 22.5. The van der Waals surface area contributed by atoms with Crippen LogP contribution in [0.15, 0.2) is 157 Å². The van der Waals surface area contributed by atoms with Crippen molar-refractivity contribution in [3.8, 4) is 11.1 Å². The minimum Gasteiger partial charge on any atom is -0.397 e. The third-order valence-electron chi connectivity index (χ3n) is 9.10. The van der Waals surface area contributed by atoms with Crippen LogP contribution in [0, 0.1) is 13.8 Å². The molecule has 0 bridgehead atoms. The first-order valence-electron chi connectivity index (χ1n) is 15.9. The number of nitrogen functional groups attached to an aromatic ring is 1. The molecule has 0 radical (unpaired) electrons. The van der Waals surface area contributed by atoms with E-state index in [9.17, 15) is 0 Å². The fraction of sp³-hybridized carbons (Fsp3) is 0.0909. The fourth-order valence-electron chi connectivity index (χ4n) is 6.58. The Kier molecular flexibility index (Phi) is 8.22. The zero-order chi connectivity index (χ0) is 31.6. The van der Waals surface area contributed by atoms with Crippen molar-refractivity contribution >= 4 is 45.4 Å². The SMILES string of the molecule is C1=C(c2ccccc2)C1c1ccccc1.Cc1ccc2c(ccc3ccc(S)c(N)c32)c1.Cc1cccc2c1Cc1ccccc1-2. The molecular formula is C44H37NS. The summed E-state index contributed by atoms with van der Waals surface area (Å²) >= 11 is 4.39. The van der Waals surface area contributed by atoms with Crippen molar-refractivity contribution in [3.05, 3.63) is 185 Å². The monoisotopic (exact) mass is 611 g/mol. The Morgan fingerprint density at radius 3 is 2.11 bits per heavy atom. The maximum absolute atomic E-state index is 6.15. The van der Waals surface area contributed by atoms with Gasteiger partial charge in [-0.2, -0.15) is 0 Å². The van der Waals surface area contributed by atoms with E-state index in [0.29, 0.717) is 5.92 Å². The smallest absolute Gasteiger partial charge is 0.0535 e. The lowest BCUT2D eigenvalue weighted by molar-refractivity contribution is 1.22. The van der Waals surface area contributed by atoms with Crippen LogP contribution in [0.25, 0.3) is 38.2 Å². The van der Waals surface area contributed by atoms with Crippen LogP contribution in [-0.4, -0.2) is 0 Å². The van der Waals surface area contributed by atoms with Crippen LogP contribution in [-0.2, 0) is 6.42 Å². The summed E-state index contributed by atoms with van der Waals surface area (Å²) in [4.78, 5) is 0.838. The Bertz CT molecular complexity index is 2210. The highest BCUT2D eigenvalue weighted by molar-refractivity contribution is 7.80. The zero-order valence-electron chi connectivity index (χ0n) is 26.2. The normalized spacial score (nSPS) is 13.9. The van der Waals surface area contributed by atoms with E-state index in [0.717, 1.165) is 27.8 Å². The number of nitrogens with two attached hydrogens (primary N) is 1. The van der Waals surface area contributed by atoms with Gasteiger partial charge in [0.2, 0.25) is 0 Å². The molecule has 0 amide bonds. The predicted octanol–water partition coefficient (Wildman–Crippen LogP) is 11.6. The average Bonchev–Trinajstić information content (AvgIpc) is 3.81. The lowest BCUT2D eigenvalue weighted by atomic mass is 9.99. The highest BCUT2D eigenvalue weighted by Crippen LogP contribution is 2.46. The van der Waals surface area contributed by atoms with Gasteiger partial charge >= 0.3 is 0 Å². The number of allylic oxidation sites excluding steroid dienone is 2. The molecule has 0 aliphatic heterocycles. The summed E-state index contributed by atoms with van der Waals surface area (Å²) in [5, 5.41) is 4.69. The molecule has 9 rings (SSSR count). The first kappa shape index (κ1) is 29.6. The number of hydrogen-bond donors (Lipinski definition) is 2. The molecule has 0 saturated heterocycles. The topological polar surface area (TPSA) is 26.0 Å². The average molecular weight is 612 g/mol. The standard InChI is InChI=1S/C15H13NS.C15H12.C14H12/c1-9-2-6-12-11(8-9)4-3-10-5-7-13(17)15(16)14(10)12;1-3-7-12(8-4-1)14-11-15(14)13-9-5-2-6-10-13;1-10-5-4-8-13-12-7-3-2-6-11(12)9-14(10)13/h2-8,17H,16H2,1H3;1-11,14H;2-8H,9H2,1H3. The predicted molar refractivity (Wildman–Crippen MR) is 201 cm³/mol. The van der Waals surface area contributed by atoms with Crippen LogP contribution in [0.3, 0.4) is 0 Å². The van der Waals surface area contributed by atoms with E-state index in [1.165, 1.54) is 60.9 Å². The van der Waals surface area contributed by atoms with Crippen LogP contribution in [0.2, 0.25) is 0 Å². The highest BCUT2D eigenvalue weighted by atomic mass is 32.1. The number of thiol groups is 1. The molecule has 7 aromatic rings. The summed E-state index contributed by atoms with van der Waals surface area (Å²) in [5.74, 6) is 0.550. The number of aryl methyl sites for hydroxylation is 2. The Balaban J connectivity index is 0.000000111. The largest absolute Gasteiger partial charge is 0.397 e. The summed E-state index contributed by atoms with van der Waals surface area (Å²) in [6.45, 7) is 4.30. The molecule has 1 nitrogen and oxygen atoms in total. The summed E-state index contributed by atoms with van der Waals surface area (Å²) in [6.07, 6.45) is 3.43. The maximum atomic E-state index is 6.15. The van der Waals surface area contributed by atoms with Gasteiger partial charge in [-0.15, -0.1) is 12.6 Å². The maximum Gasteiger partial charge on any atom is 0.0535 e. The summed E-state index contributed by atoms with van der Waals surface area (Å²) < 4.78 is 0. The third kappa shape index (κ3) is 5.97. The van der Waals surface area contributed by atoms with Crippen molar-refractivity contribution in [2.24, 2.45) is 0 Å². The zero-order valence-corrected chi connectivity index (χ0v) is 27.1. The van der Waals surface area contributed by atoms with Gasteiger partial charge in [0.05, 0.1) is 5.69 Å². The van der Waals surface area contributed by atoms with Crippen molar-refractivity contribution in [1.29, 1.82) is 0 Å². The van der Waals surface area contributed by atoms with E-state index in [2.05, 4.69) is 172 Å². The lowest BCUT2D eigenvalue weighted by Gasteiger charge is -2.09. The van der Waals surface area contributed by atoms with E-state index in [-0.39, 0.29) is 0 Å². The van der Waals surface area contributed by atoms with Gasteiger partial charge in [0.15, 0.2) is 0 Å². The number of rotatable bonds is 2. The molecule has 0 spiro atoms. The number of hydrogen-bond acceptors (Lipinski definition) is 2. The van der Waals surface area contributed by atoms with Crippen molar-refractivity contribution in [1.82, 2.24) is 0 Å². The summed E-state index contributed by atoms with van der Waals surface area (Å²) in [7, 11) is 0. The second kappa shape index (κ2) is 12.7. The quantitative estimate of drug-likeness (QED) is 0.113. The van der Waals surface area contributed by atoms with Crippen molar-refractivity contribution in [3.63, 3.8) is 0 Å². The Morgan fingerprint density at radius 1 is 0.630 bits per heavy atom. The van der Waals surface area contributed by atoms with Crippen LogP contribution >= 0.6 is 12.6 Å². The fourth-order valence-corrected chi connectivity index (χ4v) is 6.77. The van der Waals surface area contributed by atoms with Crippen LogP contribution < -0.4 is 5.73 Å². The molecule has 2 aliphatic carbocycles. The minimum atomic E-state index is 0.550. The molecule has 0 fully saturated rings. The molecule has 46 heavy (non-hydrogen) atoms. The molecule has 0 saturated carbocycles. The Morgan fingerprint density at radius 2 is 1.30 bits per heavy atom. The Hall–Kier alpha value is -5.05. The molecule has 2 heteroatoms. The van der Waals surface area contributed by atoms with Crippen LogP contribution in [0.4, 0.5) is 5.69 Å². The Labute approximate surface area is 277 Å². The molecule has 1 atom stereocenters. The van der Waals surface area contributed by atoms with Gasteiger partial charge in [0, 0.05) is 16.2 Å². The van der Waals surface area contributed by atoms with Crippen LogP contribution in [0.5, 0.6) is 0 Å². The molecule has 2 aliphatic rings. The summed E-state index contributed by atoms with van der Waals surface area (Å²) in [6, 6.07) is 51.2. The van der Waals surface area contributed by atoms with E-state index in [1.807, 2.05) is 6.07 Å². The van der Waals surface area contributed by atoms with E-state index in [1.54, 1.807) is 0 Å². The molecule has 224 valence electrons. The third-order valence-corrected chi connectivity index (χ3v) is 9.49. The van der Waals surface area contributed by atoms with Crippen molar-refractivity contribution in [2.75, 3.05) is 5.73 Å². The van der Waals surface area contributed by atoms with Gasteiger partial charge in [-0.25, -0.2) is 0 Å². The van der Waals surface area contributed by atoms with Gasteiger partial charge in [0.25, 0.3) is 0 Å². The summed E-state index contributed by atoms with van der Waals surface area (Å²) in [5.41, 5.74) is 19.6. The van der Waals surface area contributed by atoms with Gasteiger partial charge in [-0.05, 0) is 87.0 Å². The van der Waals surface area contributed by atoms with E-state index < -0.39 is 0 Å². The number of benzene rings is 7. The molecular weight excluding hydrogens is 575 g/mol. The number of fused-ring (bicyclic) bond motifs is 6. The molecule has 7 aromatic carbocycles.